The Hall–Kier alpha value is -3.68. The first-order chi connectivity index (χ1) is 19.5. The molecular formula is C33H45NO6. The maximum Gasteiger partial charge on any atom is 0.126 e. The van der Waals surface area contributed by atoms with Crippen LogP contribution in [0, 0.1) is 13.8 Å². The fraction of sp³-hybridized carbons (Fsp3) is 0.394. The molecule has 2 N–H and O–H groups in total. The monoisotopic (exact) mass is 551 g/mol. The number of unbranched alkanes of at least 4 members (excludes halogenated alkanes) is 1. The lowest BCUT2D eigenvalue weighted by atomic mass is 9.94. The van der Waals surface area contributed by atoms with Crippen LogP contribution in [0.5, 0.6) is 17.2 Å². The van der Waals surface area contributed by atoms with Gasteiger partial charge in [-0.05, 0) is 86.4 Å². The fourth-order valence-corrected chi connectivity index (χ4v) is 4.44. The summed E-state index contributed by atoms with van der Waals surface area (Å²) in [5.41, 5.74) is 7.03. The Labute approximate surface area is 239 Å². The SMILES string of the molecule is C=O.CCCCOc1cc(C)c(-c2cccc(COc3ccc4c(c3)OCC4CC=O)c2)c(C)c1.CNC.CO. The number of hydrogen-bond acceptors (Lipinski definition) is 7. The van der Waals surface area contributed by atoms with E-state index in [1.165, 1.54) is 22.3 Å². The summed E-state index contributed by atoms with van der Waals surface area (Å²) in [5.74, 6) is 2.68. The summed E-state index contributed by atoms with van der Waals surface area (Å²) in [7, 11) is 4.75. The predicted molar refractivity (Wildman–Crippen MR) is 162 cm³/mol. The first-order valence-corrected chi connectivity index (χ1v) is 13.5. The lowest BCUT2D eigenvalue weighted by Crippen LogP contribution is -2.00. The average molecular weight is 552 g/mol. The standard InChI is InChI=1S/C29H32O4.C2H7N.CH4O.CH2O/c1-4-5-13-31-26-14-20(2)29(21(3)15-26)23-8-6-7-22(16-23)18-32-25-9-10-27-24(11-12-30)19-33-28(27)17-25;1-3-2;2*1-2/h6-10,12,14-17,24H,4-5,11,13,18-19H2,1-3H3;3H,1-2H3;2H,1H3;1H2. The average Bonchev–Trinajstić information content (AvgIpc) is 3.37. The van der Waals surface area contributed by atoms with E-state index in [9.17, 15) is 4.79 Å². The topological polar surface area (TPSA) is 94.1 Å². The number of carbonyl (C=O) groups is 2. The molecule has 7 heteroatoms. The molecule has 0 saturated heterocycles. The van der Waals surface area contributed by atoms with Crippen molar-refractivity contribution in [2.24, 2.45) is 0 Å². The van der Waals surface area contributed by atoms with Crippen LogP contribution in [-0.2, 0) is 16.2 Å². The fourth-order valence-electron chi connectivity index (χ4n) is 4.44. The zero-order valence-electron chi connectivity index (χ0n) is 24.8. The minimum atomic E-state index is 0.151. The predicted octanol–water partition coefficient (Wildman–Crippen LogP) is 6.05. The van der Waals surface area contributed by atoms with Crippen molar-refractivity contribution < 1.29 is 28.9 Å². The Kier molecular flexibility index (Phi) is 16.6. The molecule has 3 aromatic rings. The minimum absolute atomic E-state index is 0.151. The van der Waals surface area contributed by atoms with E-state index in [-0.39, 0.29) is 5.92 Å². The van der Waals surface area contributed by atoms with E-state index >= 15 is 0 Å². The van der Waals surface area contributed by atoms with Gasteiger partial charge in [-0.1, -0.05) is 37.6 Å². The van der Waals surface area contributed by atoms with Gasteiger partial charge in [0.05, 0.1) is 13.2 Å². The van der Waals surface area contributed by atoms with Crippen molar-refractivity contribution in [1.82, 2.24) is 5.32 Å². The Morgan fingerprint density at radius 2 is 1.68 bits per heavy atom. The highest BCUT2D eigenvalue weighted by Gasteiger charge is 2.24. The Balaban J connectivity index is 0.00000105. The van der Waals surface area contributed by atoms with E-state index in [0.29, 0.717) is 19.6 Å². The maximum absolute atomic E-state index is 10.9. The summed E-state index contributed by atoms with van der Waals surface area (Å²) in [4.78, 5) is 18.9. The number of rotatable bonds is 10. The van der Waals surface area contributed by atoms with Gasteiger partial charge >= 0.3 is 0 Å². The van der Waals surface area contributed by atoms with Crippen molar-refractivity contribution >= 4 is 13.1 Å². The van der Waals surface area contributed by atoms with Crippen molar-refractivity contribution in [2.45, 2.75) is 52.6 Å². The van der Waals surface area contributed by atoms with Crippen molar-refractivity contribution in [2.75, 3.05) is 34.4 Å². The number of aldehydes is 1. The van der Waals surface area contributed by atoms with Gasteiger partial charge in [-0.15, -0.1) is 0 Å². The van der Waals surface area contributed by atoms with Crippen LogP contribution in [0.2, 0.25) is 0 Å². The van der Waals surface area contributed by atoms with E-state index in [0.717, 1.165) is 61.2 Å². The van der Waals surface area contributed by atoms with Crippen LogP contribution in [-0.4, -0.2) is 52.6 Å². The van der Waals surface area contributed by atoms with Crippen molar-refractivity contribution in [1.29, 1.82) is 0 Å². The molecule has 1 aliphatic heterocycles. The second kappa shape index (κ2) is 19.4. The lowest BCUT2D eigenvalue weighted by molar-refractivity contribution is -0.108. The van der Waals surface area contributed by atoms with Gasteiger partial charge in [-0.2, -0.15) is 0 Å². The van der Waals surface area contributed by atoms with Crippen LogP contribution in [0.15, 0.2) is 54.6 Å². The third kappa shape index (κ3) is 10.1. The number of nitrogens with one attached hydrogen (secondary N) is 1. The van der Waals surface area contributed by atoms with Crippen LogP contribution in [0.3, 0.4) is 0 Å². The smallest absolute Gasteiger partial charge is 0.126 e. The summed E-state index contributed by atoms with van der Waals surface area (Å²) < 4.78 is 17.7. The van der Waals surface area contributed by atoms with Gasteiger partial charge in [-0.3, -0.25) is 0 Å². The molecule has 0 spiro atoms. The van der Waals surface area contributed by atoms with Gasteiger partial charge in [0.15, 0.2) is 0 Å². The number of carbonyl (C=O) groups excluding carboxylic acids is 2. The van der Waals surface area contributed by atoms with Gasteiger partial charge in [-0.25, -0.2) is 0 Å². The zero-order valence-corrected chi connectivity index (χ0v) is 24.8. The molecule has 1 heterocycles. The van der Waals surface area contributed by atoms with E-state index in [4.69, 9.17) is 24.1 Å². The normalized spacial score (nSPS) is 12.6. The minimum Gasteiger partial charge on any atom is -0.494 e. The van der Waals surface area contributed by atoms with Crippen LogP contribution >= 0.6 is 0 Å². The van der Waals surface area contributed by atoms with Gasteiger partial charge in [0.25, 0.3) is 0 Å². The third-order valence-corrected chi connectivity index (χ3v) is 6.14. The maximum atomic E-state index is 10.9. The van der Waals surface area contributed by atoms with Crippen molar-refractivity contribution in [3.63, 3.8) is 0 Å². The Morgan fingerprint density at radius 3 is 2.30 bits per heavy atom. The van der Waals surface area contributed by atoms with E-state index in [2.05, 4.69) is 62.5 Å². The number of aliphatic hydroxyl groups is 1. The van der Waals surface area contributed by atoms with Gasteiger partial charge in [0.2, 0.25) is 0 Å². The molecule has 218 valence electrons. The molecule has 1 unspecified atom stereocenters. The van der Waals surface area contributed by atoms with Crippen molar-refractivity contribution in [3.8, 4) is 28.4 Å². The summed E-state index contributed by atoms with van der Waals surface area (Å²) in [6.07, 6.45) is 3.64. The number of hydrogen-bond donors (Lipinski definition) is 2. The highest BCUT2D eigenvalue weighted by atomic mass is 16.5. The summed E-state index contributed by atoms with van der Waals surface area (Å²) >= 11 is 0. The molecule has 0 aromatic heterocycles. The van der Waals surface area contributed by atoms with Gasteiger partial charge in [0, 0.05) is 31.1 Å². The Bertz CT molecular complexity index is 1140. The number of aliphatic hydroxyl groups excluding tert-OH is 1. The van der Waals surface area contributed by atoms with E-state index < -0.39 is 0 Å². The third-order valence-electron chi connectivity index (χ3n) is 6.14. The molecule has 0 fully saturated rings. The number of benzene rings is 3. The first-order valence-electron chi connectivity index (χ1n) is 13.5. The van der Waals surface area contributed by atoms with E-state index in [1.807, 2.05) is 39.1 Å². The van der Waals surface area contributed by atoms with Crippen LogP contribution in [0.25, 0.3) is 11.1 Å². The molecule has 0 radical (unpaired) electrons. The Morgan fingerprint density at radius 1 is 1.00 bits per heavy atom. The van der Waals surface area contributed by atoms with Crippen molar-refractivity contribution in [3.05, 3.63) is 76.9 Å². The summed E-state index contributed by atoms with van der Waals surface area (Å²) in [6.45, 7) is 10.2. The molecular weight excluding hydrogens is 506 g/mol. The number of fused-ring (bicyclic) bond motifs is 1. The zero-order chi connectivity index (χ0) is 29.9. The second-order valence-electron chi connectivity index (χ2n) is 9.23. The molecule has 3 aromatic carbocycles. The molecule has 0 aliphatic carbocycles. The molecule has 0 saturated carbocycles. The highest BCUT2D eigenvalue weighted by Crippen LogP contribution is 2.38. The molecule has 7 nitrogen and oxygen atoms in total. The molecule has 4 rings (SSSR count). The number of ether oxygens (including phenoxy) is 3. The summed E-state index contributed by atoms with van der Waals surface area (Å²) in [5, 5.41) is 9.75. The van der Waals surface area contributed by atoms with Gasteiger partial charge < -0.3 is 34.2 Å². The van der Waals surface area contributed by atoms with Crippen LogP contribution in [0.1, 0.15) is 54.4 Å². The molecule has 1 aliphatic rings. The highest BCUT2D eigenvalue weighted by molar-refractivity contribution is 5.72. The molecule has 0 bridgehead atoms. The molecule has 1 atom stereocenters. The molecule has 0 amide bonds. The van der Waals surface area contributed by atoms with Crippen LogP contribution in [0.4, 0.5) is 0 Å². The largest absolute Gasteiger partial charge is 0.494 e. The quantitative estimate of drug-likeness (QED) is 0.234. The first kappa shape index (κ1) is 34.3. The molecule has 40 heavy (non-hydrogen) atoms. The van der Waals surface area contributed by atoms with E-state index in [1.54, 1.807) is 0 Å². The lowest BCUT2D eigenvalue weighted by Gasteiger charge is -2.15. The second-order valence-corrected chi connectivity index (χ2v) is 9.23. The van der Waals surface area contributed by atoms with Crippen LogP contribution < -0.4 is 19.5 Å². The summed E-state index contributed by atoms with van der Waals surface area (Å²) in [6, 6.07) is 18.7. The number of aryl methyl sites for hydroxylation is 2. The van der Waals surface area contributed by atoms with Gasteiger partial charge in [0.1, 0.15) is 36.9 Å².